The van der Waals surface area contributed by atoms with Gasteiger partial charge in [-0.25, -0.2) is 8.96 Å². The Kier molecular flexibility index (Phi) is 4.47. The molecule has 3 aromatic rings. The number of pyridine rings is 1. The highest BCUT2D eigenvalue weighted by molar-refractivity contribution is 5.44. The fourth-order valence-corrected chi connectivity index (χ4v) is 3.41. The molecule has 0 radical (unpaired) electrons. The maximum absolute atomic E-state index is 13.8. The van der Waals surface area contributed by atoms with Crippen LogP contribution in [0.15, 0.2) is 67.0 Å². The van der Waals surface area contributed by atoms with E-state index in [4.69, 9.17) is 4.74 Å². The van der Waals surface area contributed by atoms with Gasteiger partial charge in [-0.3, -0.25) is 0 Å². The number of halogens is 1. The van der Waals surface area contributed by atoms with Crippen molar-refractivity contribution in [2.45, 2.75) is 32.4 Å². The van der Waals surface area contributed by atoms with Gasteiger partial charge in [-0.1, -0.05) is 30.3 Å². The molecule has 0 fully saturated rings. The zero-order valence-electron chi connectivity index (χ0n) is 14.1. The molecule has 126 valence electrons. The quantitative estimate of drug-likeness (QED) is 0.637. The van der Waals surface area contributed by atoms with E-state index in [0.29, 0.717) is 6.61 Å². The van der Waals surface area contributed by atoms with Gasteiger partial charge in [-0.05, 0) is 37.0 Å². The first kappa shape index (κ1) is 15.8. The summed E-state index contributed by atoms with van der Waals surface area (Å²) in [7, 11) is 0. The van der Waals surface area contributed by atoms with E-state index in [1.807, 2.05) is 6.07 Å². The molecule has 3 heteroatoms. The van der Waals surface area contributed by atoms with Crippen LogP contribution in [0.25, 0.3) is 0 Å². The molecule has 0 spiro atoms. The molecule has 25 heavy (non-hydrogen) atoms. The van der Waals surface area contributed by atoms with E-state index in [-0.39, 0.29) is 5.82 Å². The Hall–Kier alpha value is -2.68. The normalized spacial score (nSPS) is 12.8. The van der Waals surface area contributed by atoms with Gasteiger partial charge in [0, 0.05) is 28.8 Å². The molecule has 0 unspecified atom stereocenters. The molecule has 1 aliphatic carbocycles. The van der Waals surface area contributed by atoms with Gasteiger partial charge in [0.15, 0.2) is 18.9 Å². The number of nitrogens with zero attached hydrogens (tertiary/aromatic N) is 1. The Bertz CT molecular complexity index is 859. The second-order valence-corrected chi connectivity index (χ2v) is 6.51. The number of rotatable bonds is 5. The molecule has 2 aromatic carbocycles. The fraction of sp³-hybridized carbons (Fsp3) is 0.227. The Morgan fingerprint density at radius 2 is 1.60 bits per heavy atom. The molecule has 1 heterocycles. The van der Waals surface area contributed by atoms with E-state index >= 15 is 0 Å². The third kappa shape index (κ3) is 3.55. The standard InChI is InChI=1S/C22H21FNO/c23-21-9-10-22(20-8-4-7-19(20)21)25-16-18-11-13-24(14-12-18)15-17-5-2-1-3-6-17/h1-3,5-6,9-14H,4,7-8,15-16H2/q+1. The van der Waals surface area contributed by atoms with Crippen molar-refractivity contribution < 1.29 is 13.7 Å². The molecule has 0 aliphatic heterocycles. The molecule has 0 bridgehead atoms. The van der Waals surface area contributed by atoms with Crippen LogP contribution in [0.4, 0.5) is 4.39 Å². The number of benzene rings is 2. The van der Waals surface area contributed by atoms with Gasteiger partial charge in [-0.15, -0.1) is 0 Å². The van der Waals surface area contributed by atoms with Crippen LogP contribution in [-0.2, 0) is 26.0 Å². The second kappa shape index (κ2) is 7.06. The molecule has 0 saturated carbocycles. The van der Waals surface area contributed by atoms with Gasteiger partial charge in [0.1, 0.15) is 18.2 Å². The highest BCUT2D eigenvalue weighted by Gasteiger charge is 2.19. The Morgan fingerprint density at radius 3 is 2.40 bits per heavy atom. The minimum Gasteiger partial charge on any atom is -0.489 e. The summed E-state index contributed by atoms with van der Waals surface area (Å²) in [6, 6.07) is 17.8. The van der Waals surface area contributed by atoms with E-state index in [9.17, 15) is 4.39 Å². The molecule has 0 amide bonds. The Labute approximate surface area is 147 Å². The molecule has 0 saturated heterocycles. The third-order valence-corrected chi connectivity index (χ3v) is 4.75. The zero-order chi connectivity index (χ0) is 17.1. The number of aromatic nitrogens is 1. The summed E-state index contributed by atoms with van der Waals surface area (Å²) in [6.07, 6.45) is 6.89. The van der Waals surface area contributed by atoms with Crippen LogP contribution in [0.3, 0.4) is 0 Å². The lowest BCUT2D eigenvalue weighted by Gasteiger charge is -2.11. The van der Waals surface area contributed by atoms with Gasteiger partial charge in [-0.2, -0.15) is 0 Å². The number of ether oxygens (including phenoxy) is 1. The van der Waals surface area contributed by atoms with Crippen LogP contribution in [0.5, 0.6) is 5.75 Å². The van der Waals surface area contributed by atoms with Crippen molar-refractivity contribution in [1.82, 2.24) is 0 Å². The Balaban J connectivity index is 1.42. The van der Waals surface area contributed by atoms with Crippen LogP contribution < -0.4 is 9.30 Å². The van der Waals surface area contributed by atoms with Crippen LogP contribution in [0, 0.1) is 5.82 Å². The Morgan fingerprint density at radius 1 is 0.840 bits per heavy atom. The smallest absolute Gasteiger partial charge is 0.173 e. The number of fused-ring (bicyclic) bond motifs is 1. The molecular weight excluding hydrogens is 313 g/mol. The van der Waals surface area contributed by atoms with Crippen molar-refractivity contribution in [3.63, 3.8) is 0 Å². The van der Waals surface area contributed by atoms with E-state index in [2.05, 4.69) is 53.4 Å². The summed E-state index contributed by atoms with van der Waals surface area (Å²) in [5.74, 6) is 0.733. The molecule has 0 atom stereocenters. The van der Waals surface area contributed by atoms with Crippen LogP contribution in [0.1, 0.15) is 28.7 Å². The summed E-state index contributed by atoms with van der Waals surface area (Å²) in [5.41, 5.74) is 4.28. The minimum absolute atomic E-state index is 0.0958. The van der Waals surface area contributed by atoms with Crippen LogP contribution in [0.2, 0.25) is 0 Å². The van der Waals surface area contributed by atoms with Gasteiger partial charge in [0.25, 0.3) is 0 Å². The van der Waals surface area contributed by atoms with Crippen molar-refractivity contribution in [3.8, 4) is 5.75 Å². The maximum atomic E-state index is 13.8. The summed E-state index contributed by atoms with van der Waals surface area (Å²) in [5, 5.41) is 0. The van der Waals surface area contributed by atoms with Gasteiger partial charge >= 0.3 is 0 Å². The van der Waals surface area contributed by atoms with Crippen LogP contribution in [-0.4, -0.2) is 0 Å². The van der Waals surface area contributed by atoms with Gasteiger partial charge in [0.2, 0.25) is 0 Å². The molecular formula is C22H21FNO+. The lowest BCUT2D eigenvalue weighted by atomic mass is 10.1. The van der Waals surface area contributed by atoms with Crippen molar-refractivity contribution in [3.05, 3.63) is 95.1 Å². The number of hydrogen-bond acceptors (Lipinski definition) is 1. The topological polar surface area (TPSA) is 13.1 Å². The SMILES string of the molecule is Fc1ccc(OCc2cc[n+](Cc3ccccc3)cc2)c2c1CCC2. The molecule has 0 N–H and O–H groups in total. The average molecular weight is 334 g/mol. The lowest BCUT2D eigenvalue weighted by molar-refractivity contribution is -0.688. The van der Waals surface area contributed by atoms with Gasteiger partial charge in [0.05, 0.1) is 0 Å². The summed E-state index contributed by atoms with van der Waals surface area (Å²) in [6.45, 7) is 1.36. The van der Waals surface area contributed by atoms with Crippen molar-refractivity contribution in [2.24, 2.45) is 0 Å². The van der Waals surface area contributed by atoms with E-state index in [0.717, 1.165) is 48.2 Å². The average Bonchev–Trinajstić information content (AvgIpc) is 3.14. The summed E-state index contributed by atoms with van der Waals surface area (Å²) >= 11 is 0. The first-order valence-corrected chi connectivity index (χ1v) is 8.74. The summed E-state index contributed by atoms with van der Waals surface area (Å²) < 4.78 is 21.9. The van der Waals surface area contributed by atoms with Crippen molar-refractivity contribution in [1.29, 1.82) is 0 Å². The third-order valence-electron chi connectivity index (χ3n) is 4.75. The van der Waals surface area contributed by atoms with Crippen molar-refractivity contribution >= 4 is 0 Å². The van der Waals surface area contributed by atoms with Crippen LogP contribution >= 0.6 is 0 Å². The lowest BCUT2D eigenvalue weighted by Crippen LogP contribution is -2.33. The number of hydrogen-bond donors (Lipinski definition) is 0. The minimum atomic E-state index is -0.0958. The fourth-order valence-electron chi connectivity index (χ4n) is 3.41. The predicted molar refractivity (Wildman–Crippen MR) is 94.9 cm³/mol. The van der Waals surface area contributed by atoms with E-state index in [1.54, 1.807) is 6.07 Å². The molecule has 2 nitrogen and oxygen atoms in total. The molecule has 1 aromatic heterocycles. The highest BCUT2D eigenvalue weighted by Crippen LogP contribution is 2.32. The largest absolute Gasteiger partial charge is 0.489 e. The molecule has 4 rings (SSSR count). The monoisotopic (exact) mass is 334 g/mol. The zero-order valence-corrected chi connectivity index (χ0v) is 14.1. The highest BCUT2D eigenvalue weighted by atomic mass is 19.1. The predicted octanol–water partition coefficient (Wildman–Crippen LogP) is 4.23. The van der Waals surface area contributed by atoms with Crippen molar-refractivity contribution in [2.75, 3.05) is 0 Å². The van der Waals surface area contributed by atoms with E-state index < -0.39 is 0 Å². The van der Waals surface area contributed by atoms with Gasteiger partial charge < -0.3 is 4.74 Å². The first-order valence-electron chi connectivity index (χ1n) is 8.74. The second-order valence-electron chi connectivity index (χ2n) is 6.51. The summed E-state index contributed by atoms with van der Waals surface area (Å²) in [4.78, 5) is 0. The maximum Gasteiger partial charge on any atom is 0.173 e. The van der Waals surface area contributed by atoms with E-state index in [1.165, 1.54) is 11.6 Å². The molecule has 1 aliphatic rings. The first-order chi connectivity index (χ1) is 12.3.